The molecule has 0 aliphatic rings. The second kappa shape index (κ2) is 7.32. The van der Waals surface area contributed by atoms with Crippen LogP contribution in [0.2, 0.25) is 0 Å². The number of hydrogen-bond acceptors (Lipinski definition) is 3. The number of hydrogen-bond donors (Lipinski definition) is 1. The van der Waals surface area contributed by atoms with Crippen LogP contribution >= 0.6 is 0 Å². The lowest BCUT2D eigenvalue weighted by Crippen LogP contribution is -2.24. The largest absolute Gasteiger partial charge is 0.496 e. The standard InChI is InChI=1S/C18H25NO2/c1-5-10-19-17(16-11-13(2)21-14(16)3)12-15-8-6-7-9-18(15)20-4/h6-9,11,17,19H,5,10,12H2,1-4H3. The Labute approximate surface area is 127 Å². The molecule has 0 saturated heterocycles. The zero-order valence-corrected chi connectivity index (χ0v) is 13.4. The van der Waals surface area contributed by atoms with Crippen LogP contribution in [0.1, 0.15) is 42.0 Å². The van der Waals surface area contributed by atoms with Gasteiger partial charge in [0.15, 0.2) is 0 Å². The van der Waals surface area contributed by atoms with E-state index in [2.05, 4.69) is 30.4 Å². The molecule has 1 N–H and O–H groups in total. The van der Waals surface area contributed by atoms with Crippen molar-refractivity contribution < 1.29 is 9.15 Å². The average molecular weight is 287 g/mol. The number of furan rings is 1. The number of para-hydroxylation sites is 1. The summed E-state index contributed by atoms with van der Waals surface area (Å²) >= 11 is 0. The van der Waals surface area contributed by atoms with Crippen molar-refractivity contribution in [2.24, 2.45) is 0 Å². The van der Waals surface area contributed by atoms with E-state index in [9.17, 15) is 0 Å². The Morgan fingerprint density at radius 2 is 2.00 bits per heavy atom. The summed E-state index contributed by atoms with van der Waals surface area (Å²) in [4.78, 5) is 0. The van der Waals surface area contributed by atoms with Crippen LogP contribution in [0, 0.1) is 13.8 Å². The maximum atomic E-state index is 5.70. The van der Waals surface area contributed by atoms with Gasteiger partial charge in [0.2, 0.25) is 0 Å². The molecule has 2 aromatic rings. The lowest BCUT2D eigenvalue weighted by molar-refractivity contribution is 0.404. The molecule has 0 aliphatic heterocycles. The Hall–Kier alpha value is -1.74. The molecule has 1 atom stereocenters. The minimum Gasteiger partial charge on any atom is -0.496 e. The van der Waals surface area contributed by atoms with Crippen LogP contribution in [0.4, 0.5) is 0 Å². The average Bonchev–Trinajstić information content (AvgIpc) is 2.82. The number of aryl methyl sites for hydroxylation is 2. The van der Waals surface area contributed by atoms with Gasteiger partial charge in [-0.25, -0.2) is 0 Å². The predicted octanol–water partition coefficient (Wildman–Crippen LogP) is 4.19. The van der Waals surface area contributed by atoms with Crippen molar-refractivity contribution >= 4 is 0 Å². The predicted molar refractivity (Wildman–Crippen MR) is 85.9 cm³/mol. The summed E-state index contributed by atoms with van der Waals surface area (Å²) in [6.07, 6.45) is 2.00. The minimum absolute atomic E-state index is 0.249. The topological polar surface area (TPSA) is 34.4 Å². The van der Waals surface area contributed by atoms with Crippen LogP contribution in [-0.4, -0.2) is 13.7 Å². The molecule has 1 unspecified atom stereocenters. The van der Waals surface area contributed by atoms with Gasteiger partial charge >= 0.3 is 0 Å². The number of ether oxygens (including phenoxy) is 1. The Morgan fingerprint density at radius 3 is 2.62 bits per heavy atom. The molecular formula is C18H25NO2. The second-order valence-corrected chi connectivity index (χ2v) is 5.39. The molecular weight excluding hydrogens is 262 g/mol. The molecule has 0 radical (unpaired) electrons. The van der Waals surface area contributed by atoms with Crippen LogP contribution in [0.15, 0.2) is 34.7 Å². The summed E-state index contributed by atoms with van der Waals surface area (Å²) in [5.74, 6) is 2.90. The van der Waals surface area contributed by atoms with E-state index >= 15 is 0 Å². The van der Waals surface area contributed by atoms with Gasteiger partial charge in [0, 0.05) is 11.6 Å². The van der Waals surface area contributed by atoms with Gasteiger partial charge in [-0.1, -0.05) is 25.1 Å². The fraction of sp³-hybridized carbons (Fsp3) is 0.444. The van der Waals surface area contributed by atoms with Gasteiger partial charge in [-0.05, 0) is 50.9 Å². The van der Waals surface area contributed by atoms with Crippen molar-refractivity contribution in [1.29, 1.82) is 0 Å². The monoisotopic (exact) mass is 287 g/mol. The minimum atomic E-state index is 0.249. The second-order valence-electron chi connectivity index (χ2n) is 5.39. The molecule has 0 fully saturated rings. The molecule has 0 spiro atoms. The van der Waals surface area contributed by atoms with Gasteiger partial charge in [-0.2, -0.15) is 0 Å². The van der Waals surface area contributed by atoms with Gasteiger partial charge in [-0.3, -0.25) is 0 Å². The molecule has 1 aromatic heterocycles. The summed E-state index contributed by atoms with van der Waals surface area (Å²) in [6, 6.07) is 10.6. The van der Waals surface area contributed by atoms with E-state index in [1.165, 1.54) is 11.1 Å². The van der Waals surface area contributed by atoms with Crippen LogP contribution < -0.4 is 10.1 Å². The van der Waals surface area contributed by atoms with Crippen molar-refractivity contribution in [1.82, 2.24) is 5.32 Å². The molecule has 3 heteroatoms. The van der Waals surface area contributed by atoms with E-state index in [0.29, 0.717) is 0 Å². The summed E-state index contributed by atoms with van der Waals surface area (Å²) in [7, 11) is 1.72. The van der Waals surface area contributed by atoms with Crippen molar-refractivity contribution in [3.8, 4) is 5.75 Å². The van der Waals surface area contributed by atoms with E-state index in [1.54, 1.807) is 7.11 Å². The zero-order chi connectivity index (χ0) is 15.2. The van der Waals surface area contributed by atoms with E-state index in [4.69, 9.17) is 9.15 Å². The van der Waals surface area contributed by atoms with Crippen LogP contribution in [0.3, 0.4) is 0 Å². The molecule has 114 valence electrons. The molecule has 2 rings (SSSR count). The number of nitrogens with one attached hydrogen (secondary N) is 1. The Kier molecular flexibility index (Phi) is 5.45. The first-order valence-corrected chi connectivity index (χ1v) is 7.58. The molecule has 21 heavy (non-hydrogen) atoms. The molecule has 0 saturated carbocycles. The summed E-state index contributed by atoms with van der Waals surface area (Å²) in [5.41, 5.74) is 2.46. The van der Waals surface area contributed by atoms with Crippen molar-refractivity contribution in [2.45, 2.75) is 39.7 Å². The highest BCUT2D eigenvalue weighted by molar-refractivity contribution is 5.36. The van der Waals surface area contributed by atoms with Gasteiger partial charge in [0.25, 0.3) is 0 Å². The molecule has 3 nitrogen and oxygen atoms in total. The third-order valence-electron chi connectivity index (χ3n) is 3.71. The lowest BCUT2D eigenvalue weighted by Gasteiger charge is -2.19. The fourth-order valence-corrected chi connectivity index (χ4v) is 2.70. The first-order chi connectivity index (χ1) is 10.2. The Morgan fingerprint density at radius 1 is 1.24 bits per heavy atom. The van der Waals surface area contributed by atoms with E-state index in [1.807, 2.05) is 26.0 Å². The normalized spacial score (nSPS) is 12.4. The Bertz CT molecular complexity index is 574. The van der Waals surface area contributed by atoms with Crippen molar-refractivity contribution in [2.75, 3.05) is 13.7 Å². The third kappa shape index (κ3) is 3.88. The van der Waals surface area contributed by atoms with E-state index in [0.717, 1.165) is 36.7 Å². The van der Waals surface area contributed by atoms with Gasteiger partial charge in [0.1, 0.15) is 17.3 Å². The van der Waals surface area contributed by atoms with Gasteiger partial charge in [0.05, 0.1) is 7.11 Å². The first-order valence-electron chi connectivity index (χ1n) is 7.58. The quantitative estimate of drug-likeness (QED) is 0.829. The van der Waals surface area contributed by atoms with E-state index in [-0.39, 0.29) is 6.04 Å². The zero-order valence-electron chi connectivity index (χ0n) is 13.4. The smallest absolute Gasteiger partial charge is 0.122 e. The summed E-state index contributed by atoms with van der Waals surface area (Å²) in [6.45, 7) is 7.20. The van der Waals surface area contributed by atoms with Crippen molar-refractivity contribution in [3.05, 3.63) is 53.0 Å². The molecule has 0 aliphatic carbocycles. The molecule has 1 heterocycles. The summed E-state index contributed by atoms with van der Waals surface area (Å²) in [5, 5.41) is 3.62. The highest BCUT2D eigenvalue weighted by Gasteiger charge is 2.18. The summed E-state index contributed by atoms with van der Waals surface area (Å²) < 4.78 is 11.2. The number of rotatable bonds is 7. The molecule has 0 bridgehead atoms. The van der Waals surface area contributed by atoms with Gasteiger partial charge in [-0.15, -0.1) is 0 Å². The van der Waals surface area contributed by atoms with Crippen LogP contribution in [0.5, 0.6) is 5.75 Å². The van der Waals surface area contributed by atoms with Crippen LogP contribution in [-0.2, 0) is 6.42 Å². The molecule has 1 aromatic carbocycles. The van der Waals surface area contributed by atoms with Gasteiger partial charge < -0.3 is 14.5 Å². The Balaban J connectivity index is 2.26. The first kappa shape index (κ1) is 15.6. The fourth-order valence-electron chi connectivity index (χ4n) is 2.70. The molecule has 0 amide bonds. The highest BCUT2D eigenvalue weighted by atomic mass is 16.5. The lowest BCUT2D eigenvalue weighted by atomic mass is 9.98. The highest BCUT2D eigenvalue weighted by Crippen LogP contribution is 2.28. The number of benzene rings is 1. The third-order valence-corrected chi connectivity index (χ3v) is 3.71. The maximum absolute atomic E-state index is 5.70. The van der Waals surface area contributed by atoms with Crippen LogP contribution in [0.25, 0.3) is 0 Å². The number of methoxy groups -OCH3 is 1. The van der Waals surface area contributed by atoms with E-state index < -0.39 is 0 Å². The SMILES string of the molecule is CCCNC(Cc1ccccc1OC)c1cc(C)oc1C. The van der Waals surface area contributed by atoms with Crippen molar-refractivity contribution in [3.63, 3.8) is 0 Å². The maximum Gasteiger partial charge on any atom is 0.122 e.